The Morgan fingerprint density at radius 2 is 1.67 bits per heavy atom. The Kier molecular flexibility index (Phi) is 6.38. The number of ether oxygens (including phenoxy) is 3. The zero-order valence-corrected chi connectivity index (χ0v) is 22.7. The smallest absolute Gasteiger partial charge is 0.338 e. The molecular weight excluding hydrogens is 508 g/mol. The number of Topliss-reactive ketones (excluding diaryl/α,β-unsaturated/α-hetero) is 2. The zero-order chi connectivity index (χ0) is 28.7. The molecule has 4 aliphatic rings. The van der Waals surface area contributed by atoms with Gasteiger partial charge in [0.2, 0.25) is 11.6 Å². The van der Waals surface area contributed by atoms with Gasteiger partial charge in [0.1, 0.15) is 17.8 Å². The van der Waals surface area contributed by atoms with Gasteiger partial charge >= 0.3 is 11.9 Å². The molecule has 3 saturated carbocycles. The summed E-state index contributed by atoms with van der Waals surface area (Å²) in [4.78, 5) is 54.2. The van der Waals surface area contributed by atoms with Crippen LogP contribution in [0.25, 0.3) is 0 Å². The minimum atomic E-state index is -2.04. The van der Waals surface area contributed by atoms with E-state index < -0.39 is 87.7 Å². The fraction of sp³-hybridized carbons (Fsp3) is 0.655. The first kappa shape index (κ1) is 27.9. The number of rotatable bonds is 3. The summed E-state index contributed by atoms with van der Waals surface area (Å²) in [6, 6.07) is 8.10. The Labute approximate surface area is 226 Å². The predicted octanol–water partition coefficient (Wildman–Crippen LogP) is 1.23. The molecule has 2 bridgehead atoms. The number of carbonyl (C=O) groups is 4. The van der Waals surface area contributed by atoms with Crippen LogP contribution in [0.5, 0.6) is 0 Å². The van der Waals surface area contributed by atoms with Crippen molar-refractivity contribution < 1.29 is 48.7 Å². The van der Waals surface area contributed by atoms with Crippen LogP contribution in [-0.4, -0.2) is 81.0 Å². The summed E-state index contributed by atoms with van der Waals surface area (Å²) in [5.41, 5.74) is -6.58. The molecule has 212 valence electrons. The number of hydrogen-bond acceptors (Lipinski definition) is 10. The third-order valence-corrected chi connectivity index (χ3v) is 10.1. The Morgan fingerprint density at radius 3 is 2.23 bits per heavy atom. The maximum Gasteiger partial charge on any atom is 0.338 e. The lowest BCUT2D eigenvalue weighted by Crippen LogP contribution is -2.82. The van der Waals surface area contributed by atoms with Crippen molar-refractivity contribution in [2.45, 2.75) is 83.1 Å². The SMILES string of the molecule is CC(=O)O[C@@]12CO[C@@H]1[C@H](O)C[C@@]1(C)C(=O)C(=O)C3C(C)[C@@H](O)C[C@@](O)([C@@H](OC(=O)c4ccccc4)[C@H]21)C3(C)C. The third-order valence-electron chi connectivity index (χ3n) is 10.1. The highest BCUT2D eigenvalue weighted by Crippen LogP contribution is 2.64. The van der Waals surface area contributed by atoms with Crippen LogP contribution in [0.1, 0.15) is 57.8 Å². The fourth-order valence-electron chi connectivity index (χ4n) is 8.09. The average molecular weight is 545 g/mol. The number of aliphatic hydroxyl groups excluding tert-OH is 2. The molecule has 39 heavy (non-hydrogen) atoms. The highest BCUT2D eigenvalue weighted by atomic mass is 16.6. The van der Waals surface area contributed by atoms with Gasteiger partial charge in [0.15, 0.2) is 5.60 Å². The number of benzene rings is 1. The van der Waals surface area contributed by atoms with E-state index in [2.05, 4.69) is 0 Å². The first-order valence-electron chi connectivity index (χ1n) is 13.4. The number of ketones is 2. The molecule has 1 aromatic rings. The summed E-state index contributed by atoms with van der Waals surface area (Å²) >= 11 is 0. The lowest BCUT2D eigenvalue weighted by Gasteiger charge is -2.67. The van der Waals surface area contributed by atoms with E-state index in [-0.39, 0.29) is 25.0 Å². The van der Waals surface area contributed by atoms with Crippen molar-refractivity contribution in [1.29, 1.82) is 0 Å². The van der Waals surface area contributed by atoms with Gasteiger partial charge < -0.3 is 29.5 Å². The van der Waals surface area contributed by atoms with Gasteiger partial charge in [-0.3, -0.25) is 14.4 Å². The van der Waals surface area contributed by atoms with Crippen LogP contribution >= 0.6 is 0 Å². The summed E-state index contributed by atoms with van der Waals surface area (Å²) < 4.78 is 17.6. The van der Waals surface area contributed by atoms with Gasteiger partial charge in [0.25, 0.3) is 0 Å². The molecule has 3 aliphatic carbocycles. The number of aliphatic hydroxyl groups is 3. The van der Waals surface area contributed by atoms with Crippen molar-refractivity contribution in [3.63, 3.8) is 0 Å². The summed E-state index contributed by atoms with van der Waals surface area (Å²) in [5, 5.41) is 34.8. The molecule has 0 radical (unpaired) electrons. The molecule has 1 aliphatic heterocycles. The maximum absolute atomic E-state index is 14.2. The van der Waals surface area contributed by atoms with Crippen molar-refractivity contribution >= 4 is 23.5 Å². The van der Waals surface area contributed by atoms with Crippen molar-refractivity contribution in [2.24, 2.45) is 28.6 Å². The van der Waals surface area contributed by atoms with Gasteiger partial charge in [0, 0.05) is 30.1 Å². The molecule has 1 heterocycles. The van der Waals surface area contributed by atoms with Gasteiger partial charge in [-0.25, -0.2) is 4.79 Å². The molecule has 0 amide bonds. The zero-order valence-electron chi connectivity index (χ0n) is 22.7. The first-order chi connectivity index (χ1) is 18.1. The fourth-order valence-corrected chi connectivity index (χ4v) is 8.09. The van der Waals surface area contributed by atoms with Crippen LogP contribution in [0.2, 0.25) is 0 Å². The van der Waals surface area contributed by atoms with Crippen molar-refractivity contribution in [3.05, 3.63) is 35.9 Å². The van der Waals surface area contributed by atoms with Crippen LogP contribution in [0.3, 0.4) is 0 Å². The van der Waals surface area contributed by atoms with E-state index in [9.17, 15) is 34.5 Å². The minimum Gasteiger partial charge on any atom is -0.455 e. The minimum absolute atomic E-state index is 0.185. The Balaban J connectivity index is 1.79. The number of fused-ring (bicyclic) bond motifs is 5. The van der Waals surface area contributed by atoms with E-state index in [1.807, 2.05) is 0 Å². The molecule has 10 atom stereocenters. The van der Waals surface area contributed by atoms with E-state index >= 15 is 0 Å². The quantitative estimate of drug-likeness (QED) is 0.373. The summed E-state index contributed by atoms with van der Waals surface area (Å²) in [6.45, 7) is 7.33. The Hall–Kier alpha value is -2.66. The first-order valence-corrected chi connectivity index (χ1v) is 13.4. The lowest BCUT2D eigenvalue weighted by atomic mass is 9.43. The Morgan fingerprint density at radius 1 is 1.03 bits per heavy atom. The molecule has 5 rings (SSSR count). The molecule has 10 nitrogen and oxygen atoms in total. The van der Waals surface area contributed by atoms with Crippen LogP contribution in [0, 0.1) is 28.6 Å². The second kappa shape index (κ2) is 8.92. The summed E-state index contributed by atoms with van der Waals surface area (Å²) in [6.07, 6.45) is -5.57. The van der Waals surface area contributed by atoms with Gasteiger partial charge in [0.05, 0.1) is 30.3 Å². The largest absolute Gasteiger partial charge is 0.455 e. The molecule has 10 heteroatoms. The second-order valence-electron chi connectivity index (χ2n) is 12.6. The number of esters is 2. The molecule has 1 saturated heterocycles. The molecule has 1 aromatic carbocycles. The van der Waals surface area contributed by atoms with E-state index in [1.165, 1.54) is 26.0 Å². The second-order valence-corrected chi connectivity index (χ2v) is 12.6. The number of carbonyl (C=O) groups excluding carboxylic acids is 4. The van der Waals surface area contributed by atoms with Gasteiger partial charge in [-0.05, 0) is 24.5 Å². The third kappa shape index (κ3) is 3.68. The van der Waals surface area contributed by atoms with E-state index in [0.717, 1.165) is 0 Å². The van der Waals surface area contributed by atoms with Crippen LogP contribution < -0.4 is 0 Å². The monoisotopic (exact) mass is 544 g/mol. The maximum atomic E-state index is 14.2. The van der Waals surface area contributed by atoms with Crippen LogP contribution in [0.15, 0.2) is 30.3 Å². The summed E-state index contributed by atoms with van der Waals surface area (Å²) in [7, 11) is 0. The van der Waals surface area contributed by atoms with Crippen LogP contribution in [0.4, 0.5) is 0 Å². The van der Waals surface area contributed by atoms with E-state index in [0.29, 0.717) is 0 Å². The van der Waals surface area contributed by atoms with Crippen molar-refractivity contribution in [3.8, 4) is 0 Å². The molecule has 4 fully saturated rings. The number of hydrogen-bond donors (Lipinski definition) is 3. The molecule has 0 spiro atoms. The van der Waals surface area contributed by atoms with Gasteiger partial charge in [-0.15, -0.1) is 0 Å². The molecule has 2 unspecified atom stereocenters. The van der Waals surface area contributed by atoms with Gasteiger partial charge in [-0.1, -0.05) is 45.9 Å². The highest BCUT2D eigenvalue weighted by Gasteiger charge is 2.78. The standard InChI is InChI=1S/C29H36O10/c1-14-17(31)12-29(36)24(38-25(35)16-9-7-6-8-10-16)21-27(5,22(34)20(33)19(14)26(29,3)4)11-18(32)23-28(21,13-37-23)39-15(2)30/h6-10,14,17-19,21,23-24,31-32,36H,11-13H2,1-5H3/t14?,17-,18+,19?,21-,23+,24-,27+,28+,29+/m0/s1. The van der Waals surface area contributed by atoms with Crippen LogP contribution in [-0.2, 0) is 28.6 Å². The normalized spacial score (nSPS) is 44.6. The topological polar surface area (TPSA) is 157 Å². The summed E-state index contributed by atoms with van der Waals surface area (Å²) in [5.74, 6) is -6.19. The highest BCUT2D eigenvalue weighted by molar-refractivity contribution is 6.40. The van der Waals surface area contributed by atoms with E-state index in [4.69, 9.17) is 14.2 Å². The van der Waals surface area contributed by atoms with Gasteiger partial charge in [-0.2, -0.15) is 0 Å². The molecule has 3 N–H and O–H groups in total. The Bertz CT molecular complexity index is 1210. The predicted molar refractivity (Wildman–Crippen MR) is 134 cm³/mol. The lowest BCUT2D eigenvalue weighted by molar-refractivity contribution is -0.355. The molecule has 0 aromatic heterocycles. The van der Waals surface area contributed by atoms with Crippen molar-refractivity contribution in [1.82, 2.24) is 0 Å². The van der Waals surface area contributed by atoms with Crippen molar-refractivity contribution in [2.75, 3.05) is 6.61 Å². The molecular formula is C29H36O10. The van der Waals surface area contributed by atoms with E-state index in [1.54, 1.807) is 39.0 Å². The average Bonchev–Trinajstić information content (AvgIpc) is 2.84.